The van der Waals surface area contributed by atoms with Gasteiger partial charge in [-0.1, -0.05) is 18.6 Å². The van der Waals surface area contributed by atoms with Crippen LogP contribution in [0.1, 0.15) is 65.2 Å². The Hall–Kier alpha value is -1.08. The maximum absolute atomic E-state index is 12.9. The number of allylic oxidation sites excluding steroid dienone is 1. The quantitative estimate of drug-likeness (QED) is 0.601. The van der Waals surface area contributed by atoms with Crippen molar-refractivity contribution in [3.8, 4) is 0 Å². The van der Waals surface area contributed by atoms with Crippen molar-refractivity contribution in [3.63, 3.8) is 0 Å². The second-order valence-corrected chi connectivity index (χ2v) is 12.2. The van der Waals surface area contributed by atoms with Gasteiger partial charge >= 0.3 is 6.18 Å². The summed E-state index contributed by atoms with van der Waals surface area (Å²) in [5.74, 6) is 1.71. The number of nitrogens with zero attached hydrogens (tertiary/aromatic N) is 2. The van der Waals surface area contributed by atoms with Crippen LogP contribution in [-0.2, 0) is 4.79 Å². The average Bonchev–Trinajstić information content (AvgIpc) is 3.24. The Labute approximate surface area is 195 Å². The molecule has 0 aromatic heterocycles. The minimum Gasteiger partial charge on any atom is -0.376 e. The second-order valence-electron chi connectivity index (χ2n) is 12.2. The maximum Gasteiger partial charge on any atom is 0.423 e. The van der Waals surface area contributed by atoms with Gasteiger partial charge in [-0.3, -0.25) is 4.79 Å². The Kier molecular flexibility index (Phi) is 5.53. The van der Waals surface area contributed by atoms with E-state index >= 15 is 0 Å². The molecule has 1 heterocycles. The van der Waals surface area contributed by atoms with Crippen LogP contribution in [0.15, 0.2) is 11.6 Å². The van der Waals surface area contributed by atoms with E-state index in [4.69, 9.17) is 0 Å². The Balaban J connectivity index is 1.34. The molecular weight excluding hydrogens is 429 g/mol. The Bertz CT molecular complexity index is 844. The summed E-state index contributed by atoms with van der Waals surface area (Å²) in [5, 5.41) is 9.46. The molecule has 3 saturated carbocycles. The van der Waals surface area contributed by atoms with Crippen molar-refractivity contribution in [3.05, 3.63) is 11.6 Å². The molecule has 5 rings (SSSR count). The molecule has 0 bridgehead atoms. The van der Waals surface area contributed by atoms with Crippen LogP contribution in [0.3, 0.4) is 0 Å². The maximum atomic E-state index is 12.9. The Morgan fingerprint density at radius 1 is 1.18 bits per heavy atom. The molecule has 0 aromatic rings. The predicted octanol–water partition coefficient (Wildman–Crippen LogP) is 4.63. The number of hydrogen-bond donors (Lipinski definition) is 1. The first-order chi connectivity index (χ1) is 15.4. The lowest BCUT2D eigenvalue weighted by Gasteiger charge is -2.58. The summed E-state index contributed by atoms with van der Waals surface area (Å²) in [7, 11) is 3.70. The third kappa shape index (κ3) is 3.35. The minimum absolute atomic E-state index is 0.0851. The first-order valence-electron chi connectivity index (χ1n) is 12.8. The Morgan fingerprint density at radius 2 is 1.88 bits per heavy atom. The van der Waals surface area contributed by atoms with Gasteiger partial charge in [-0.15, -0.1) is 0 Å². The molecular formula is C26H39F3N2O2. The third-order valence-electron chi connectivity index (χ3n) is 11.1. The van der Waals surface area contributed by atoms with Gasteiger partial charge < -0.3 is 14.9 Å². The third-order valence-corrected chi connectivity index (χ3v) is 11.1. The number of alkyl halides is 3. The largest absolute Gasteiger partial charge is 0.423 e. The van der Waals surface area contributed by atoms with Crippen LogP contribution < -0.4 is 0 Å². The molecule has 7 heteroatoms. The van der Waals surface area contributed by atoms with Gasteiger partial charge in [0.05, 0.1) is 0 Å². The number of likely N-dealkylation sites (tertiary alicyclic amines) is 1. The van der Waals surface area contributed by atoms with Crippen LogP contribution >= 0.6 is 0 Å². The van der Waals surface area contributed by atoms with Gasteiger partial charge in [0.1, 0.15) is 0 Å². The van der Waals surface area contributed by atoms with Gasteiger partial charge in [-0.25, -0.2) is 0 Å². The second kappa shape index (κ2) is 7.71. The summed E-state index contributed by atoms with van der Waals surface area (Å²) < 4.78 is 38.6. The molecule has 4 aliphatic carbocycles. The normalized spacial score (nSPS) is 46.0. The number of rotatable bonds is 2. The molecule has 0 aromatic carbocycles. The highest BCUT2D eigenvalue weighted by molar-refractivity contribution is 5.81. The number of carbonyl (C=O) groups is 1. The fraction of sp³-hybridized carbons (Fsp3) is 0.885. The summed E-state index contributed by atoms with van der Waals surface area (Å²) in [6.45, 7) is 6.02. The number of fused-ring (bicyclic) bond motifs is 4. The van der Waals surface area contributed by atoms with Crippen LogP contribution in [0.5, 0.6) is 0 Å². The van der Waals surface area contributed by atoms with Crippen LogP contribution in [0.25, 0.3) is 0 Å². The summed E-state index contributed by atoms with van der Waals surface area (Å²) in [6, 6.07) is 0.396. The van der Waals surface area contributed by atoms with E-state index in [2.05, 4.69) is 31.9 Å². The molecule has 186 valence electrons. The van der Waals surface area contributed by atoms with Gasteiger partial charge in [-0.2, -0.15) is 13.2 Å². The molecule has 1 aliphatic heterocycles. The molecule has 2 unspecified atom stereocenters. The molecule has 1 N–H and O–H groups in total. The molecule has 1 spiro atoms. The predicted molar refractivity (Wildman–Crippen MR) is 120 cm³/mol. The number of halogens is 3. The highest BCUT2D eigenvalue weighted by Crippen LogP contribution is 2.68. The molecule has 1 amide bonds. The fourth-order valence-electron chi connectivity index (χ4n) is 9.29. The van der Waals surface area contributed by atoms with Crippen LogP contribution in [0.2, 0.25) is 0 Å². The standard InChI is InChI=1S/C26H39F3N2O2/c1-15-19-7-8-21-18-6-5-16-13-17(31(4)23(33)22(32)26(27,28)29)9-11-24(16,2)20(18)10-12-25(19,21)14-30(15)3/h5,15,17-22,32H,6-14H2,1-4H3/t15-,17-,18+,19?,20-,21-,22?,24-,25-/m0/s1. The lowest BCUT2D eigenvalue weighted by atomic mass is 9.47. The molecule has 5 aliphatic rings. The van der Waals surface area contributed by atoms with E-state index in [0.717, 1.165) is 29.6 Å². The van der Waals surface area contributed by atoms with Gasteiger partial charge in [0.15, 0.2) is 0 Å². The number of aliphatic hydroxyl groups is 1. The van der Waals surface area contributed by atoms with Crippen molar-refractivity contribution >= 4 is 5.91 Å². The smallest absolute Gasteiger partial charge is 0.376 e. The van der Waals surface area contributed by atoms with E-state index in [0.29, 0.717) is 36.1 Å². The van der Waals surface area contributed by atoms with E-state index in [-0.39, 0.29) is 11.5 Å². The molecule has 0 radical (unpaired) electrons. The van der Waals surface area contributed by atoms with E-state index < -0.39 is 18.2 Å². The molecule has 9 atom stereocenters. The van der Waals surface area contributed by atoms with Crippen LogP contribution in [0, 0.1) is 34.5 Å². The zero-order valence-electron chi connectivity index (χ0n) is 20.4. The van der Waals surface area contributed by atoms with Crippen molar-refractivity contribution in [1.82, 2.24) is 9.80 Å². The van der Waals surface area contributed by atoms with E-state index in [1.165, 1.54) is 44.8 Å². The summed E-state index contributed by atoms with van der Waals surface area (Å²) in [6.07, 6.45) is 3.09. The van der Waals surface area contributed by atoms with E-state index in [1.54, 1.807) is 0 Å². The highest BCUT2D eigenvalue weighted by atomic mass is 19.4. The molecule has 33 heavy (non-hydrogen) atoms. The number of amides is 1. The van der Waals surface area contributed by atoms with Gasteiger partial charge in [0, 0.05) is 25.7 Å². The zero-order chi connectivity index (χ0) is 23.9. The number of hydrogen-bond acceptors (Lipinski definition) is 3. The molecule has 4 nitrogen and oxygen atoms in total. The number of aliphatic hydroxyl groups excluding tert-OH is 1. The fourth-order valence-corrected chi connectivity index (χ4v) is 9.29. The summed E-state index contributed by atoms with van der Waals surface area (Å²) in [5.41, 5.74) is 1.90. The lowest BCUT2D eigenvalue weighted by Crippen LogP contribution is -2.54. The van der Waals surface area contributed by atoms with Gasteiger partial charge in [0.25, 0.3) is 5.91 Å². The van der Waals surface area contributed by atoms with E-state index in [9.17, 15) is 23.1 Å². The van der Waals surface area contributed by atoms with Crippen molar-refractivity contribution in [1.29, 1.82) is 0 Å². The minimum atomic E-state index is -4.92. The topological polar surface area (TPSA) is 43.8 Å². The molecule has 4 fully saturated rings. The average molecular weight is 469 g/mol. The summed E-state index contributed by atoms with van der Waals surface area (Å²) in [4.78, 5) is 16.0. The summed E-state index contributed by atoms with van der Waals surface area (Å²) >= 11 is 0. The van der Waals surface area contributed by atoms with E-state index in [1.807, 2.05) is 0 Å². The lowest BCUT2D eigenvalue weighted by molar-refractivity contribution is -0.211. The first-order valence-corrected chi connectivity index (χ1v) is 12.8. The van der Waals surface area contributed by atoms with Gasteiger partial charge in [-0.05, 0) is 99.8 Å². The SMILES string of the molecule is C[C@H]1C2CC[C@H]3[C@@H]4CC=C5C[C@@H](N(C)C(=O)C(O)C(F)(F)F)CC[C@]5(C)[C@H]4CC[C@]23CN1C. The number of carbonyl (C=O) groups excluding carboxylic acids is 1. The number of likely N-dealkylation sites (N-methyl/N-ethyl adjacent to an activating group) is 1. The van der Waals surface area contributed by atoms with Crippen molar-refractivity contribution in [2.75, 3.05) is 20.6 Å². The zero-order valence-corrected chi connectivity index (χ0v) is 20.4. The first kappa shape index (κ1) is 23.7. The van der Waals surface area contributed by atoms with Gasteiger partial charge in [0.2, 0.25) is 6.10 Å². The van der Waals surface area contributed by atoms with Crippen LogP contribution in [-0.4, -0.2) is 65.8 Å². The monoisotopic (exact) mass is 468 g/mol. The molecule has 1 saturated heterocycles. The highest BCUT2D eigenvalue weighted by Gasteiger charge is 2.64. The van der Waals surface area contributed by atoms with Crippen molar-refractivity contribution < 1.29 is 23.1 Å². The van der Waals surface area contributed by atoms with Crippen molar-refractivity contribution in [2.45, 2.75) is 89.6 Å². The Morgan fingerprint density at radius 3 is 2.58 bits per heavy atom. The van der Waals surface area contributed by atoms with Crippen molar-refractivity contribution in [2.24, 2.45) is 34.5 Å². The van der Waals surface area contributed by atoms with Crippen LogP contribution in [0.4, 0.5) is 13.2 Å².